The van der Waals surface area contributed by atoms with Crippen LogP contribution in [-0.4, -0.2) is 22.3 Å². The largest absolute Gasteiger partial charge is 0.493 e. The van der Waals surface area contributed by atoms with Gasteiger partial charge in [0.05, 0.1) is 61.7 Å². The molecule has 49 heavy (non-hydrogen) atoms. The van der Waals surface area contributed by atoms with Crippen LogP contribution in [-0.2, 0) is 35.9 Å². The predicted octanol–water partition coefficient (Wildman–Crippen LogP) is 9.79. The van der Waals surface area contributed by atoms with E-state index >= 15 is 0 Å². The van der Waals surface area contributed by atoms with Crippen molar-refractivity contribution < 1.29 is 18.9 Å². The second kappa shape index (κ2) is 11.5. The average molecular weight is 643 g/mol. The third kappa shape index (κ3) is 4.78. The van der Waals surface area contributed by atoms with Gasteiger partial charge >= 0.3 is 0 Å². The van der Waals surface area contributed by atoms with Crippen LogP contribution in [0.5, 0.6) is 11.5 Å². The molecule has 0 spiro atoms. The summed E-state index contributed by atoms with van der Waals surface area (Å²) in [5.74, 6) is 1.67. The Morgan fingerprint density at radius 3 is 1.45 bits per heavy atom. The Morgan fingerprint density at radius 2 is 0.918 bits per heavy atom. The highest BCUT2D eigenvalue weighted by molar-refractivity contribution is 6.11. The van der Waals surface area contributed by atoms with Crippen molar-refractivity contribution in [3.05, 3.63) is 144 Å². The van der Waals surface area contributed by atoms with Crippen molar-refractivity contribution in [3.8, 4) is 22.9 Å². The highest BCUT2D eigenvalue weighted by Gasteiger charge is 2.20. The second-order valence-electron chi connectivity index (χ2n) is 13.0. The smallest absolute Gasteiger partial charge is 0.121 e. The summed E-state index contributed by atoms with van der Waals surface area (Å²) in [7, 11) is 0. The predicted molar refractivity (Wildman–Crippen MR) is 194 cm³/mol. The van der Waals surface area contributed by atoms with Crippen LogP contribution in [0, 0.1) is 0 Å². The standard InChI is InChI=1S/C43H34N2O4/c1-6-30-26-47-27-31-7-2-13-37-39-21-29-15-17-41(39)45(43(31)37)33-9-4-11-35(23-33)49-19-5-18-48-34-10-3-8-32(22-34)44-40-16-14-28(24-46-25-29)20-38(40)36(12-1)42(30)44/h1-4,6-17,20-23H,5,18-19,24-27H2. The van der Waals surface area contributed by atoms with Gasteiger partial charge in [-0.15, -0.1) is 0 Å². The van der Waals surface area contributed by atoms with Crippen molar-refractivity contribution in [2.45, 2.75) is 32.8 Å². The number of para-hydroxylation sites is 2. The summed E-state index contributed by atoms with van der Waals surface area (Å²) in [4.78, 5) is 0. The van der Waals surface area contributed by atoms with E-state index in [1.54, 1.807) is 0 Å². The number of rotatable bonds is 0. The van der Waals surface area contributed by atoms with E-state index in [0.717, 1.165) is 73.6 Å². The van der Waals surface area contributed by atoms with Crippen LogP contribution in [0.1, 0.15) is 28.7 Å². The summed E-state index contributed by atoms with van der Waals surface area (Å²) in [5.41, 5.74) is 11.2. The lowest BCUT2D eigenvalue weighted by Crippen LogP contribution is -2.06. The summed E-state index contributed by atoms with van der Waals surface area (Å²) < 4.78 is 30.4. The van der Waals surface area contributed by atoms with Crippen LogP contribution in [0.3, 0.4) is 0 Å². The molecule has 0 fully saturated rings. The third-order valence-corrected chi connectivity index (χ3v) is 9.90. The molecule has 6 aromatic carbocycles. The van der Waals surface area contributed by atoms with Crippen molar-refractivity contribution in [3.63, 3.8) is 0 Å². The molecule has 14 bridgehead atoms. The molecule has 0 saturated carbocycles. The molecule has 0 amide bonds. The van der Waals surface area contributed by atoms with Gasteiger partial charge in [-0.05, 0) is 59.7 Å². The fraction of sp³-hybridized carbons (Fsp3) is 0.163. The molecule has 2 aromatic heterocycles. The molecule has 6 heteroatoms. The van der Waals surface area contributed by atoms with E-state index in [2.05, 4.69) is 118 Å². The molecule has 6 nitrogen and oxygen atoms in total. The van der Waals surface area contributed by atoms with Gasteiger partial charge in [0.2, 0.25) is 0 Å². The van der Waals surface area contributed by atoms with Crippen LogP contribution in [0.2, 0.25) is 0 Å². The highest BCUT2D eigenvalue weighted by Crippen LogP contribution is 2.38. The van der Waals surface area contributed by atoms with Crippen molar-refractivity contribution >= 4 is 43.6 Å². The molecule has 240 valence electrons. The van der Waals surface area contributed by atoms with E-state index in [4.69, 9.17) is 18.9 Å². The van der Waals surface area contributed by atoms with Gasteiger partial charge in [-0.2, -0.15) is 0 Å². The summed E-state index contributed by atoms with van der Waals surface area (Å²) in [5, 5.41) is 4.77. The van der Waals surface area contributed by atoms with Gasteiger partial charge in [-0.1, -0.05) is 60.7 Å². The van der Waals surface area contributed by atoms with E-state index in [9.17, 15) is 0 Å². The molecule has 0 radical (unpaired) electrons. The normalized spacial score (nSPS) is 14.9. The van der Waals surface area contributed by atoms with Crippen molar-refractivity contribution in [1.29, 1.82) is 0 Å². The first-order chi connectivity index (χ1) is 24.3. The lowest BCUT2D eigenvalue weighted by Gasteiger charge is -2.16. The van der Waals surface area contributed by atoms with Crippen LogP contribution in [0.25, 0.3) is 55.0 Å². The first-order valence-electron chi connectivity index (χ1n) is 17.0. The maximum atomic E-state index is 6.70. The number of hydrogen-bond donors (Lipinski definition) is 0. The van der Waals surface area contributed by atoms with Crippen LogP contribution < -0.4 is 9.47 Å². The number of ether oxygens (including phenoxy) is 4. The highest BCUT2D eigenvalue weighted by atomic mass is 16.5. The fourth-order valence-electron chi connectivity index (χ4n) is 7.74. The lowest BCUT2D eigenvalue weighted by molar-refractivity contribution is 0.107. The average Bonchev–Trinajstić information content (AvgIpc) is 3.64. The Bertz CT molecular complexity index is 2380. The molecule has 0 atom stereocenters. The van der Waals surface area contributed by atoms with Gasteiger partial charge in [0, 0.05) is 62.6 Å². The Balaban J connectivity index is 1.24. The van der Waals surface area contributed by atoms with Crippen LogP contribution >= 0.6 is 0 Å². The number of benzene rings is 6. The lowest BCUT2D eigenvalue weighted by atomic mass is 10.1. The minimum atomic E-state index is 0.462. The monoisotopic (exact) mass is 642 g/mol. The number of fused-ring (bicyclic) bond motifs is 12. The minimum absolute atomic E-state index is 0.462. The maximum Gasteiger partial charge on any atom is 0.121 e. The van der Waals surface area contributed by atoms with E-state index in [1.807, 2.05) is 12.1 Å². The minimum Gasteiger partial charge on any atom is -0.493 e. The zero-order valence-electron chi connectivity index (χ0n) is 27.0. The third-order valence-electron chi connectivity index (χ3n) is 9.90. The van der Waals surface area contributed by atoms with Gasteiger partial charge in [0.15, 0.2) is 0 Å². The molecule has 8 aromatic rings. The van der Waals surface area contributed by atoms with Gasteiger partial charge < -0.3 is 28.1 Å². The van der Waals surface area contributed by atoms with E-state index in [-0.39, 0.29) is 0 Å². The number of hydrogen-bond acceptors (Lipinski definition) is 4. The van der Waals surface area contributed by atoms with Crippen LogP contribution in [0.4, 0.5) is 0 Å². The van der Waals surface area contributed by atoms with Crippen molar-refractivity contribution in [2.24, 2.45) is 0 Å². The zero-order valence-corrected chi connectivity index (χ0v) is 27.0. The Morgan fingerprint density at radius 1 is 0.429 bits per heavy atom. The van der Waals surface area contributed by atoms with E-state index < -0.39 is 0 Å². The summed E-state index contributed by atoms with van der Waals surface area (Å²) >= 11 is 0. The fourth-order valence-corrected chi connectivity index (χ4v) is 7.74. The number of aromatic nitrogens is 2. The molecular formula is C43H34N2O4. The maximum absolute atomic E-state index is 6.70. The quantitative estimate of drug-likeness (QED) is 0.165. The van der Waals surface area contributed by atoms with E-state index in [1.165, 1.54) is 21.5 Å². The zero-order chi connectivity index (χ0) is 32.3. The van der Waals surface area contributed by atoms with E-state index in [0.29, 0.717) is 39.6 Å². The van der Waals surface area contributed by atoms with Gasteiger partial charge in [-0.3, -0.25) is 0 Å². The first-order valence-corrected chi connectivity index (χ1v) is 17.0. The van der Waals surface area contributed by atoms with Crippen molar-refractivity contribution in [1.82, 2.24) is 9.13 Å². The Hall–Kier alpha value is -5.56. The van der Waals surface area contributed by atoms with Gasteiger partial charge in [-0.25, -0.2) is 0 Å². The second-order valence-corrected chi connectivity index (χ2v) is 13.0. The summed E-state index contributed by atoms with van der Waals surface area (Å²) in [6.45, 7) is 3.07. The molecule has 2 aliphatic heterocycles. The topological polar surface area (TPSA) is 46.8 Å². The molecule has 10 rings (SSSR count). The molecule has 0 saturated heterocycles. The molecule has 4 heterocycles. The Kier molecular flexibility index (Phi) is 6.71. The number of nitrogens with zero attached hydrogens (tertiary/aromatic N) is 2. The van der Waals surface area contributed by atoms with Gasteiger partial charge in [0.1, 0.15) is 11.5 Å². The summed E-state index contributed by atoms with van der Waals surface area (Å²) in [6, 6.07) is 43.3. The SMILES string of the molecule is c1cc2cc(c1)-n1c3ccc4cc3c3cccc(c31)COCc1cccc3c5cc(ccc5n(c13)-c1cccc(c1)OCCCO2)COC4. The van der Waals surface area contributed by atoms with Crippen molar-refractivity contribution in [2.75, 3.05) is 13.2 Å². The van der Waals surface area contributed by atoms with Gasteiger partial charge in [0.25, 0.3) is 0 Å². The molecule has 0 aliphatic carbocycles. The molecule has 2 aliphatic rings. The molecular weight excluding hydrogens is 608 g/mol. The first kappa shape index (κ1) is 28.5. The summed E-state index contributed by atoms with van der Waals surface area (Å²) in [6.07, 6.45) is 0.762. The van der Waals surface area contributed by atoms with Crippen LogP contribution in [0.15, 0.2) is 121 Å². The Labute approximate surface area is 283 Å². The molecule has 0 unspecified atom stereocenters. The molecule has 0 N–H and O–H groups in total.